The molecule has 0 aliphatic carbocycles. The van der Waals surface area contributed by atoms with Crippen LogP contribution in [0.15, 0.2) is 36.7 Å². The summed E-state index contributed by atoms with van der Waals surface area (Å²) in [5.74, 6) is -0.311. The van der Waals surface area contributed by atoms with E-state index in [0.717, 1.165) is 30.8 Å². The molecule has 0 radical (unpaired) electrons. The summed E-state index contributed by atoms with van der Waals surface area (Å²) < 4.78 is 0. The first-order valence-corrected chi connectivity index (χ1v) is 6.54. The molecule has 1 aliphatic rings. The number of benzene rings is 1. The Hall–Kier alpha value is -2.56. The molecule has 1 amide bonds. The number of nitrogens with zero attached hydrogens (tertiary/aromatic N) is 1. The van der Waals surface area contributed by atoms with Gasteiger partial charge in [0.15, 0.2) is 0 Å². The van der Waals surface area contributed by atoms with Gasteiger partial charge in [0, 0.05) is 24.1 Å². The Labute approximate surface area is 116 Å². The summed E-state index contributed by atoms with van der Waals surface area (Å²) in [7, 11) is 0. The van der Waals surface area contributed by atoms with E-state index in [1.807, 2.05) is 18.2 Å². The van der Waals surface area contributed by atoms with Gasteiger partial charge in [-0.3, -0.25) is 9.78 Å². The number of aromatic nitrogens is 1. The van der Waals surface area contributed by atoms with Crippen molar-refractivity contribution in [2.24, 2.45) is 0 Å². The van der Waals surface area contributed by atoms with Crippen LogP contribution in [0.1, 0.15) is 22.3 Å². The highest BCUT2D eigenvalue weighted by Gasteiger charge is 2.11. The Balaban J connectivity index is 1.79. The van der Waals surface area contributed by atoms with Crippen molar-refractivity contribution in [1.29, 1.82) is 0 Å². The lowest BCUT2D eigenvalue weighted by atomic mass is 10.0. The van der Waals surface area contributed by atoms with Crippen LogP contribution >= 0.6 is 0 Å². The van der Waals surface area contributed by atoms with Gasteiger partial charge in [-0.05, 0) is 36.6 Å². The molecule has 5 heteroatoms. The van der Waals surface area contributed by atoms with E-state index in [-0.39, 0.29) is 11.7 Å². The number of hydrogen-bond donors (Lipinski definition) is 3. The topological polar surface area (TPSA) is 74.2 Å². The zero-order valence-electron chi connectivity index (χ0n) is 10.9. The monoisotopic (exact) mass is 269 g/mol. The fraction of sp³-hybridized carbons (Fsp3) is 0.200. The van der Waals surface area contributed by atoms with Crippen molar-refractivity contribution in [2.75, 3.05) is 17.2 Å². The van der Waals surface area contributed by atoms with Crippen LogP contribution in [0.2, 0.25) is 0 Å². The molecule has 3 N–H and O–H groups in total. The van der Waals surface area contributed by atoms with E-state index >= 15 is 0 Å². The number of carbonyl (C=O) groups excluding carboxylic acids is 1. The first-order chi connectivity index (χ1) is 9.72. The van der Waals surface area contributed by atoms with E-state index < -0.39 is 0 Å². The largest absolute Gasteiger partial charge is 0.506 e. The third-order valence-corrected chi connectivity index (χ3v) is 3.29. The number of hydrogen-bond acceptors (Lipinski definition) is 4. The zero-order valence-corrected chi connectivity index (χ0v) is 10.9. The number of aryl methyl sites for hydroxylation is 1. The third-order valence-electron chi connectivity index (χ3n) is 3.29. The Morgan fingerprint density at radius 1 is 1.30 bits per heavy atom. The van der Waals surface area contributed by atoms with Crippen molar-refractivity contribution in [3.05, 3.63) is 47.8 Å². The predicted molar refractivity (Wildman–Crippen MR) is 77.1 cm³/mol. The molecule has 2 aromatic rings. The number of anilines is 2. The van der Waals surface area contributed by atoms with Gasteiger partial charge in [-0.25, -0.2) is 0 Å². The number of amides is 1. The van der Waals surface area contributed by atoms with Gasteiger partial charge in [0.05, 0.1) is 11.8 Å². The molecule has 2 heterocycles. The Bertz CT molecular complexity index is 655. The normalized spacial score (nSPS) is 13.2. The molecule has 0 bridgehead atoms. The van der Waals surface area contributed by atoms with Crippen molar-refractivity contribution in [1.82, 2.24) is 4.98 Å². The average molecular weight is 269 g/mol. The minimum Gasteiger partial charge on any atom is -0.506 e. The van der Waals surface area contributed by atoms with Crippen LogP contribution in [-0.2, 0) is 6.42 Å². The van der Waals surface area contributed by atoms with Gasteiger partial charge in [-0.15, -0.1) is 0 Å². The molecule has 0 atom stereocenters. The molecule has 3 rings (SSSR count). The maximum absolute atomic E-state index is 12.1. The molecule has 1 aromatic heterocycles. The highest BCUT2D eigenvalue weighted by molar-refractivity contribution is 6.04. The third kappa shape index (κ3) is 2.56. The van der Waals surface area contributed by atoms with E-state index in [0.29, 0.717) is 5.56 Å². The van der Waals surface area contributed by atoms with Crippen molar-refractivity contribution in [2.45, 2.75) is 12.8 Å². The second kappa shape index (κ2) is 5.21. The smallest absolute Gasteiger partial charge is 0.257 e. The first kappa shape index (κ1) is 12.5. The van der Waals surface area contributed by atoms with Crippen LogP contribution in [-0.4, -0.2) is 22.5 Å². The molecule has 0 spiro atoms. The summed E-state index contributed by atoms with van der Waals surface area (Å²) in [6.07, 6.45) is 4.91. The van der Waals surface area contributed by atoms with Crippen LogP contribution in [0.25, 0.3) is 0 Å². The van der Waals surface area contributed by atoms with Gasteiger partial charge in [0.2, 0.25) is 0 Å². The minimum atomic E-state index is -0.288. The fourth-order valence-corrected chi connectivity index (χ4v) is 2.29. The maximum Gasteiger partial charge on any atom is 0.257 e. The Kier molecular flexibility index (Phi) is 3.25. The molecule has 5 nitrogen and oxygen atoms in total. The van der Waals surface area contributed by atoms with E-state index in [4.69, 9.17) is 0 Å². The molecule has 0 fully saturated rings. The van der Waals surface area contributed by atoms with E-state index in [1.54, 1.807) is 0 Å². The molecule has 102 valence electrons. The Morgan fingerprint density at radius 3 is 3.05 bits per heavy atom. The molecule has 0 saturated carbocycles. The van der Waals surface area contributed by atoms with Crippen LogP contribution in [0.5, 0.6) is 5.75 Å². The van der Waals surface area contributed by atoms with E-state index in [9.17, 15) is 9.90 Å². The highest BCUT2D eigenvalue weighted by Crippen LogP contribution is 2.25. The lowest BCUT2D eigenvalue weighted by Crippen LogP contribution is -2.14. The molecule has 1 aromatic carbocycles. The van der Waals surface area contributed by atoms with Gasteiger partial charge >= 0.3 is 0 Å². The zero-order chi connectivity index (χ0) is 13.9. The number of nitrogens with one attached hydrogen (secondary N) is 2. The lowest BCUT2D eigenvalue weighted by Gasteiger charge is -2.18. The van der Waals surface area contributed by atoms with Gasteiger partial charge in [0.25, 0.3) is 5.91 Å². The minimum absolute atomic E-state index is 0.0234. The number of aromatic hydroxyl groups is 1. The van der Waals surface area contributed by atoms with E-state index in [2.05, 4.69) is 15.6 Å². The summed E-state index contributed by atoms with van der Waals surface area (Å²) in [4.78, 5) is 15.8. The standard InChI is InChI=1S/C15H15N3O2/c19-13-6-11(8-16-9-13)15(20)18-12-4-3-10-2-1-5-17-14(10)7-12/h3-4,6-9,17,19H,1-2,5H2,(H,18,20). The lowest BCUT2D eigenvalue weighted by molar-refractivity contribution is 0.102. The SMILES string of the molecule is O=C(Nc1ccc2c(c1)NCCC2)c1cncc(O)c1. The molecule has 0 unspecified atom stereocenters. The number of pyridine rings is 1. The second-order valence-electron chi connectivity index (χ2n) is 4.79. The fourth-order valence-electron chi connectivity index (χ4n) is 2.29. The first-order valence-electron chi connectivity index (χ1n) is 6.54. The highest BCUT2D eigenvalue weighted by atomic mass is 16.3. The molecule has 20 heavy (non-hydrogen) atoms. The van der Waals surface area contributed by atoms with Gasteiger partial charge < -0.3 is 15.7 Å². The van der Waals surface area contributed by atoms with Gasteiger partial charge in [-0.2, -0.15) is 0 Å². The van der Waals surface area contributed by atoms with Crippen LogP contribution in [0.4, 0.5) is 11.4 Å². The second-order valence-corrected chi connectivity index (χ2v) is 4.79. The van der Waals surface area contributed by atoms with Crippen molar-refractivity contribution >= 4 is 17.3 Å². The average Bonchev–Trinajstić information content (AvgIpc) is 2.47. The number of rotatable bonds is 2. The van der Waals surface area contributed by atoms with Crippen molar-refractivity contribution < 1.29 is 9.90 Å². The van der Waals surface area contributed by atoms with Crippen LogP contribution in [0.3, 0.4) is 0 Å². The van der Waals surface area contributed by atoms with Crippen molar-refractivity contribution in [3.63, 3.8) is 0 Å². The molecule has 0 saturated heterocycles. The van der Waals surface area contributed by atoms with Crippen molar-refractivity contribution in [3.8, 4) is 5.75 Å². The Morgan fingerprint density at radius 2 is 2.20 bits per heavy atom. The quantitative estimate of drug-likeness (QED) is 0.782. The summed E-state index contributed by atoms with van der Waals surface area (Å²) in [5, 5.41) is 15.5. The van der Waals surface area contributed by atoms with E-state index in [1.165, 1.54) is 24.0 Å². The van der Waals surface area contributed by atoms with Gasteiger partial charge in [-0.1, -0.05) is 6.07 Å². The molecular formula is C15H15N3O2. The van der Waals surface area contributed by atoms with Gasteiger partial charge in [0.1, 0.15) is 5.75 Å². The molecular weight excluding hydrogens is 254 g/mol. The number of fused-ring (bicyclic) bond motifs is 1. The summed E-state index contributed by atoms with van der Waals surface area (Å²) in [6.45, 7) is 0.959. The molecule has 1 aliphatic heterocycles. The predicted octanol–water partition coefficient (Wildman–Crippen LogP) is 2.40. The number of carbonyl (C=O) groups is 1. The maximum atomic E-state index is 12.1. The summed E-state index contributed by atoms with van der Waals surface area (Å²) in [6, 6.07) is 7.24. The summed E-state index contributed by atoms with van der Waals surface area (Å²) >= 11 is 0. The summed E-state index contributed by atoms with van der Waals surface area (Å²) in [5.41, 5.74) is 3.40. The van der Waals surface area contributed by atoms with Crippen LogP contribution in [0, 0.1) is 0 Å². The van der Waals surface area contributed by atoms with Crippen LogP contribution < -0.4 is 10.6 Å².